The molecule has 1 amide bonds. The van der Waals surface area contributed by atoms with Crippen LogP contribution in [0.15, 0.2) is 65.6 Å². The summed E-state index contributed by atoms with van der Waals surface area (Å²) >= 11 is 0. The van der Waals surface area contributed by atoms with E-state index in [9.17, 15) is 22.0 Å². The fourth-order valence-electron chi connectivity index (χ4n) is 2.91. The number of carbonyl (C=O) groups excluding carboxylic acids is 1. The molecule has 3 aromatic rings. The van der Waals surface area contributed by atoms with Gasteiger partial charge in [0, 0.05) is 19.0 Å². The fourth-order valence-corrected chi connectivity index (χ4v) is 3.98. The Hall–Kier alpha value is -3.04. The Morgan fingerprint density at radius 2 is 1.77 bits per heavy atom. The molecule has 3 rings (SSSR count). The van der Waals surface area contributed by atoms with Crippen LogP contribution < -0.4 is 14.8 Å². The molecular weight excluding hydrogens is 426 g/mol. The first-order valence-corrected chi connectivity index (χ1v) is 11.1. The molecule has 0 aliphatic carbocycles. The predicted molar refractivity (Wildman–Crippen MR) is 113 cm³/mol. The third kappa shape index (κ3) is 6.22. The monoisotopic (exact) mass is 448 g/mol. The van der Waals surface area contributed by atoms with E-state index < -0.39 is 33.6 Å². The normalized spacial score (nSPS) is 12.5. The van der Waals surface area contributed by atoms with Gasteiger partial charge < -0.3 is 10.1 Å². The smallest absolute Gasteiger partial charge is 0.240 e. The van der Waals surface area contributed by atoms with E-state index in [1.807, 2.05) is 24.3 Å². The predicted octanol–water partition coefficient (Wildman–Crippen LogP) is 3.37. The molecule has 164 valence electrons. The van der Waals surface area contributed by atoms with Crippen molar-refractivity contribution in [3.8, 4) is 5.75 Å². The summed E-state index contributed by atoms with van der Waals surface area (Å²) in [6, 6.07) is 14.7. The lowest BCUT2D eigenvalue weighted by Crippen LogP contribution is -2.38. The highest BCUT2D eigenvalue weighted by Gasteiger charge is 2.16. The van der Waals surface area contributed by atoms with E-state index in [2.05, 4.69) is 10.0 Å². The van der Waals surface area contributed by atoms with Crippen molar-refractivity contribution in [1.29, 1.82) is 0 Å². The van der Waals surface area contributed by atoms with Crippen molar-refractivity contribution >= 4 is 26.7 Å². The summed E-state index contributed by atoms with van der Waals surface area (Å²) in [6.07, 6.45) is -0.0813. The second-order valence-electron chi connectivity index (χ2n) is 7.01. The molecule has 0 fully saturated rings. The number of benzene rings is 3. The van der Waals surface area contributed by atoms with Crippen LogP contribution >= 0.6 is 0 Å². The first-order chi connectivity index (χ1) is 14.7. The Kier molecular flexibility index (Phi) is 7.19. The third-order valence-corrected chi connectivity index (χ3v) is 5.92. The number of rotatable bonds is 9. The molecule has 0 aromatic heterocycles. The molecule has 0 aliphatic rings. The zero-order valence-corrected chi connectivity index (χ0v) is 17.6. The van der Waals surface area contributed by atoms with E-state index in [0.717, 1.165) is 16.8 Å². The molecule has 0 bridgehead atoms. The van der Waals surface area contributed by atoms with Crippen LogP contribution in [0.5, 0.6) is 5.75 Å². The standard InChI is InChI=1S/C22H22F2N2O4S/c1-15(14-30-21-9-7-18(23)13-20(21)24)26-22(27)10-11-25-31(28,29)19-8-6-16-4-2-3-5-17(16)12-19/h2-9,12-13,15,25H,10-11,14H2,1H3,(H,26,27). The molecular formula is C22H22F2N2O4S. The summed E-state index contributed by atoms with van der Waals surface area (Å²) in [4.78, 5) is 12.2. The van der Waals surface area contributed by atoms with E-state index >= 15 is 0 Å². The van der Waals surface area contributed by atoms with Gasteiger partial charge in [-0.2, -0.15) is 0 Å². The summed E-state index contributed by atoms with van der Waals surface area (Å²) in [7, 11) is -3.76. The van der Waals surface area contributed by atoms with Crippen LogP contribution in [0.25, 0.3) is 10.8 Å². The largest absolute Gasteiger partial charge is 0.488 e. The Morgan fingerprint density at radius 3 is 2.52 bits per heavy atom. The molecule has 0 saturated heterocycles. The van der Waals surface area contributed by atoms with Gasteiger partial charge in [-0.05, 0) is 42.0 Å². The number of hydrogen-bond donors (Lipinski definition) is 2. The molecule has 0 spiro atoms. The van der Waals surface area contributed by atoms with Gasteiger partial charge in [-0.25, -0.2) is 21.9 Å². The number of fused-ring (bicyclic) bond motifs is 1. The van der Waals surface area contributed by atoms with Crippen molar-refractivity contribution < 1.29 is 26.7 Å². The Labute approximate surface area is 179 Å². The van der Waals surface area contributed by atoms with E-state index in [-0.39, 0.29) is 30.2 Å². The van der Waals surface area contributed by atoms with E-state index in [1.54, 1.807) is 19.1 Å². The summed E-state index contributed by atoms with van der Waals surface area (Å²) < 4.78 is 59.0. The number of hydrogen-bond acceptors (Lipinski definition) is 4. The fraction of sp³-hybridized carbons (Fsp3) is 0.227. The molecule has 0 radical (unpaired) electrons. The van der Waals surface area contributed by atoms with Gasteiger partial charge >= 0.3 is 0 Å². The van der Waals surface area contributed by atoms with Crippen molar-refractivity contribution in [1.82, 2.24) is 10.0 Å². The summed E-state index contributed by atoms with van der Waals surface area (Å²) in [5.74, 6) is -2.05. The number of ether oxygens (including phenoxy) is 1. The third-order valence-electron chi connectivity index (χ3n) is 4.47. The molecule has 0 saturated carbocycles. The van der Waals surface area contributed by atoms with Crippen molar-refractivity contribution in [3.05, 3.63) is 72.3 Å². The molecule has 0 heterocycles. The van der Waals surface area contributed by atoms with E-state index in [4.69, 9.17) is 4.74 Å². The lowest BCUT2D eigenvalue weighted by Gasteiger charge is -2.15. The molecule has 31 heavy (non-hydrogen) atoms. The number of carbonyl (C=O) groups is 1. The molecule has 2 N–H and O–H groups in total. The van der Waals surface area contributed by atoms with Gasteiger partial charge in [0.15, 0.2) is 11.6 Å². The van der Waals surface area contributed by atoms with Crippen molar-refractivity contribution in [2.75, 3.05) is 13.2 Å². The Balaban J connectivity index is 1.46. The minimum absolute atomic E-state index is 0.0306. The average molecular weight is 448 g/mol. The minimum atomic E-state index is -3.76. The summed E-state index contributed by atoms with van der Waals surface area (Å²) in [5.41, 5.74) is 0. The maximum absolute atomic E-state index is 13.6. The zero-order valence-electron chi connectivity index (χ0n) is 16.8. The summed E-state index contributed by atoms with van der Waals surface area (Å²) in [5, 5.41) is 4.36. The zero-order chi connectivity index (χ0) is 22.4. The molecule has 0 aliphatic heterocycles. The quantitative estimate of drug-likeness (QED) is 0.526. The van der Waals surface area contributed by atoms with Gasteiger partial charge in [-0.15, -0.1) is 0 Å². The van der Waals surface area contributed by atoms with Gasteiger partial charge in [0.25, 0.3) is 0 Å². The van der Waals surface area contributed by atoms with Crippen LogP contribution in [-0.2, 0) is 14.8 Å². The average Bonchev–Trinajstić information content (AvgIpc) is 2.72. The van der Waals surface area contributed by atoms with Gasteiger partial charge in [0.2, 0.25) is 15.9 Å². The van der Waals surface area contributed by atoms with Gasteiger partial charge in [-0.3, -0.25) is 4.79 Å². The molecule has 1 atom stereocenters. The van der Waals surface area contributed by atoms with Crippen LogP contribution in [0.3, 0.4) is 0 Å². The highest BCUT2D eigenvalue weighted by Crippen LogP contribution is 2.19. The van der Waals surface area contributed by atoms with Crippen LogP contribution in [0.4, 0.5) is 8.78 Å². The van der Waals surface area contributed by atoms with Gasteiger partial charge in [0.1, 0.15) is 12.4 Å². The SMILES string of the molecule is CC(COc1ccc(F)cc1F)NC(=O)CCNS(=O)(=O)c1ccc2ccccc2c1. The maximum Gasteiger partial charge on any atom is 0.240 e. The Morgan fingerprint density at radius 1 is 1.03 bits per heavy atom. The number of halogens is 2. The van der Waals surface area contributed by atoms with Crippen LogP contribution in [0, 0.1) is 11.6 Å². The number of amides is 1. The van der Waals surface area contributed by atoms with Gasteiger partial charge in [0.05, 0.1) is 10.9 Å². The van der Waals surface area contributed by atoms with Crippen molar-refractivity contribution in [2.45, 2.75) is 24.3 Å². The molecule has 9 heteroatoms. The topological polar surface area (TPSA) is 84.5 Å². The number of nitrogens with one attached hydrogen (secondary N) is 2. The van der Waals surface area contributed by atoms with Crippen molar-refractivity contribution in [3.63, 3.8) is 0 Å². The molecule has 1 unspecified atom stereocenters. The first-order valence-electron chi connectivity index (χ1n) is 9.60. The van der Waals surface area contributed by atoms with E-state index in [0.29, 0.717) is 6.07 Å². The lowest BCUT2D eigenvalue weighted by molar-refractivity contribution is -0.121. The molecule has 6 nitrogen and oxygen atoms in total. The van der Waals surface area contributed by atoms with E-state index in [1.165, 1.54) is 12.1 Å². The maximum atomic E-state index is 13.6. The highest BCUT2D eigenvalue weighted by molar-refractivity contribution is 7.89. The Bertz CT molecular complexity index is 1190. The van der Waals surface area contributed by atoms with Crippen LogP contribution in [-0.4, -0.2) is 33.5 Å². The lowest BCUT2D eigenvalue weighted by atomic mass is 10.1. The minimum Gasteiger partial charge on any atom is -0.488 e. The second kappa shape index (κ2) is 9.84. The summed E-state index contributed by atoms with van der Waals surface area (Å²) in [6.45, 7) is 1.54. The van der Waals surface area contributed by atoms with Crippen LogP contribution in [0.2, 0.25) is 0 Å². The van der Waals surface area contributed by atoms with Crippen molar-refractivity contribution in [2.24, 2.45) is 0 Å². The van der Waals surface area contributed by atoms with Gasteiger partial charge in [-0.1, -0.05) is 30.3 Å². The number of sulfonamides is 1. The highest BCUT2D eigenvalue weighted by atomic mass is 32.2. The second-order valence-corrected chi connectivity index (χ2v) is 8.78. The van der Waals surface area contributed by atoms with Crippen LogP contribution in [0.1, 0.15) is 13.3 Å². The molecule has 3 aromatic carbocycles. The first kappa shape index (κ1) is 22.6.